The molecule has 0 spiro atoms. The van der Waals surface area contributed by atoms with Gasteiger partial charge in [-0.2, -0.15) is 0 Å². The van der Waals surface area contributed by atoms with Crippen LogP contribution in [0.1, 0.15) is 17.3 Å². The standard InChI is InChI=1S/C20H21Cl2N5O4S/c1-2-31-14-6-4-13(5-7-14)25-20(32)27-26-18(29)11-23-17(28)10-24-19(30)15-8-3-12(21)9-16(15)22/h3-9H,2,10-11H2,1H3,(H,23,28)(H,24,30)(H,26,29)(H2,25,27,32). The van der Waals surface area contributed by atoms with E-state index in [1.54, 1.807) is 24.3 Å². The van der Waals surface area contributed by atoms with Crippen molar-refractivity contribution in [2.24, 2.45) is 0 Å². The van der Waals surface area contributed by atoms with Gasteiger partial charge in [0, 0.05) is 10.7 Å². The number of nitrogens with one attached hydrogen (secondary N) is 5. The van der Waals surface area contributed by atoms with Gasteiger partial charge >= 0.3 is 0 Å². The van der Waals surface area contributed by atoms with Crippen molar-refractivity contribution in [1.82, 2.24) is 21.5 Å². The average Bonchev–Trinajstić information content (AvgIpc) is 2.76. The Hall–Kier alpha value is -3.08. The molecule has 2 rings (SSSR count). The number of hydrazine groups is 1. The van der Waals surface area contributed by atoms with Crippen LogP contribution in [0.5, 0.6) is 5.75 Å². The number of rotatable bonds is 8. The normalized spacial score (nSPS) is 9.97. The second-order valence-electron chi connectivity index (χ2n) is 6.17. The summed E-state index contributed by atoms with van der Waals surface area (Å²) in [6.07, 6.45) is 0. The molecule has 12 heteroatoms. The number of hydrogen-bond donors (Lipinski definition) is 5. The van der Waals surface area contributed by atoms with Crippen molar-refractivity contribution in [3.63, 3.8) is 0 Å². The molecule has 2 aromatic carbocycles. The summed E-state index contributed by atoms with van der Waals surface area (Å²) in [5, 5.41) is 8.36. The lowest BCUT2D eigenvalue weighted by atomic mass is 10.2. The molecule has 0 bridgehead atoms. The van der Waals surface area contributed by atoms with E-state index >= 15 is 0 Å². The molecule has 0 aliphatic rings. The SMILES string of the molecule is CCOc1ccc(NC(=S)NNC(=O)CNC(=O)CNC(=O)c2ccc(Cl)cc2Cl)cc1. The monoisotopic (exact) mass is 497 g/mol. The van der Waals surface area contributed by atoms with Gasteiger partial charge in [0.1, 0.15) is 5.75 Å². The maximum absolute atomic E-state index is 12.1. The molecule has 0 aliphatic carbocycles. The second-order valence-corrected chi connectivity index (χ2v) is 7.42. The lowest BCUT2D eigenvalue weighted by Gasteiger charge is -2.12. The highest BCUT2D eigenvalue weighted by Gasteiger charge is 2.12. The zero-order chi connectivity index (χ0) is 23.5. The summed E-state index contributed by atoms with van der Waals surface area (Å²) in [6.45, 7) is 1.80. The Labute approximate surface area is 200 Å². The predicted molar refractivity (Wildman–Crippen MR) is 127 cm³/mol. The number of carbonyl (C=O) groups excluding carboxylic acids is 3. The first-order valence-corrected chi connectivity index (χ1v) is 10.5. The van der Waals surface area contributed by atoms with Gasteiger partial charge in [-0.1, -0.05) is 23.2 Å². The molecule has 5 N–H and O–H groups in total. The van der Waals surface area contributed by atoms with E-state index in [-0.39, 0.29) is 28.8 Å². The highest BCUT2D eigenvalue weighted by atomic mass is 35.5. The Morgan fingerprint density at radius 1 is 0.938 bits per heavy atom. The molecule has 170 valence electrons. The molecular weight excluding hydrogens is 477 g/mol. The van der Waals surface area contributed by atoms with Crippen LogP contribution < -0.4 is 31.5 Å². The summed E-state index contributed by atoms with van der Waals surface area (Å²) in [7, 11) is 0. The summed E-state index contributed by atoms with van der Waals surface area (Å²) < 4.78 is 5.35. The predicted octanol–water partition coefficient (Wildman–Crippen LogP) is 2.26. The van der Waals surface area contributed by atoms with Crippen molar-refractivity contribution in [2.75, 3.05) is 25.0 Å². The Bertz CT molecular complexity index is 988. The average molecular weight is 498 g/mol. The summed E-state index contributed by atoms with van der Waals surface area (Å²) in [6, 6.07) is 11.5. The third-order valence-corrected chi connectivity index (χ3v) is 4.52. The largest absolute Gasteiger partial charge is 0.494 e. The van der Waals surface area contributed by atoms with Gasteiger partial charge in [-0.25, -0.2) is 0 Å². The number of thiocarbonyl (C=S) groups is 1. The maximum Gasteiger partial charge on any atom is 0.257 e. The van der Waals surface area contributed by atoms with E-state index in [0.717, 1.165) is 5.75 Å². The van der Waals surface area contributed by atoms with E-state index in [2.05, 4.69) is 26.8 Å². The molecule has 3 amide bonds. The summed E-state index contributed by atoms with van der Waals surface area (Å²) >= 11 is 16.8. The van der Waals surface area contributed by atoms with E-state index in [1.165, 1.54) is 18.2 Å². The molecule has 0 aromatic heterocycles. The van der Waals surface area contributed by atoms with Crippen molar-refractivity contribution in [2.45, 2.75) is 6.92 Å². The Balaban J connectivity index is 1.65. The molecule has 32 heavy (non-hydrogen) atoms. The lowest BCUT2D eigenvalue weighted by molar-refractivity contribution is -0.125. The van der Waals surface area contributed by atoms with Gasteiger partial charge in [0.25, 0.3) is 11.8 Å². The molecular formula is C20H21Cl2N5O4S. The van der Waals surface area contributed by atoms with Crippen LogP contribution >= 0.6 is 35.4 Å². The minimum Gasteiger partial charge on any atom is -0.494 e. The third-order valence-electron chi connectivity index (χ3n) is 3.77. The van der Waals surface area contributed by atoms with Gasteiger partial charge in [-0.15, -0.1) is 0 Å². The van der Waals surface area contributed by atoms with Gasteiger partial charge < -0.3 is 20.7 Å². The van der Waals surface area contributed by atoms with Gasteiger partial charge in [0.15, 0.2) is 5.11 Å². The molecule has 0 aliphatic heterocycles. The fraction of sp³-hybridized carbons (Fsp3) is 0.200. The van der Waals surface area contributed by atoms with E-state index in [4.69, 9.17) is 40.2 Å². The minimum absolute atomic E-state index is 0.154. The molecule has 9 nitrogen and oxygen atoms in total. The molecule has 0 atom stereocenters. The maximum atomic E-state index is 12.1. The van der Waals surface area contributed by atoms with Crippen LogP contribution in [0.3, 0.4) is 0 Å². The van der Waals surface area contributed by atoms with Crippen LogP contribution in [0, 0.1) is 0 Å². The number of hydrogen-bond acceptors (Lipinski definition) is 5. The summed E-state index contributed by atoms with van der Waals surface area (Å²) in [5.74, 6) is -0.915. The van der Waals surface area contributed by atoms with E-state index in [1.807, 2.05) is 6.92 Å². The summed E-state index contributed by atoms with van der Waals surface area (Å²) in [5.41, 5.74) is 5.74. The van der Waals surface area contributed by atoms with E-state index in [0.29, 0.717) is 17.3 Å². The topological polar surface area (TPSA) is 121 Å². The van der Waals surface area contributed by atoms with Crippen molar-refractivity contribution >= 4 is 63.9 Å². The number of anilines is 1. The molecule has 0 fully saturated rings. The first kappa shape index (κ1) is 25.2. The summed E-state index contributed by atoms with van der Waals surface area (Å²) in [4.78, 5) is 35.8. The van der Waals surface area contributed by atoms with Crippen molar-refractivity contribution in [3.05, 3.63) is 58.1 Å². The number of amides is 3. The number of halogens is 2. The zero-order valence-corrected chi connectivity index (χ0v) is 19.3. The first-order chi connectivity index (χ1) is 15.3. The molecule has 2 aromatic rings. The fourth-order valence-corrected chi connectivity index (χ4v) is 2.97. The van der Waals surface area contributed by atoms with Crippen molar-refractivity contribution in [3.8, 4) is 5.75 Å². The highest BCUT2D eigenvalue weighted by molar-refractivity contribution is 7.80. The quantitative estimate of drug-likeness (QED) is 0.280. The van der Waals surface area contributed by atoms with Crippen LogP contribution in [0.4, 0.5) is 5.69 Å². The lowest BCUT2D eigenvalue weighted by Crippen LogP contribution is -2.48. The highest BCUT2D eigenvalue weighted by Crippen LogP contribution is 2.20. The minimum atomic E-state index is -0.561. The van der Waals surface area contributed by atoms with Crippen LogP contribution in [-0.2, 0) is 9.59 Å². The molecule has 0 radical (unpaired) electrons. The smallest absolute Gasteiger partial charge is 0.257 e. The molecule has 0 heterocycles. The number of ether oxygens (including phenoxy) is 1. The van der Waals surface area contributed by atoms with Gasteiger partial charge in [0.05, 0.1) is 30.3 Å². The van der Waals surface area contributed by atoms with Crippen molar-refractivity contribution < 1.29 is 19.1 Å². The molecule has 0 saturated heterocycles. The molecule has 0 saturated carbocycles. The van der Waals surface area contributed by atoms with Gasteiger partial charge in [-0.3, -0.25) is 25.2 Å². The van der Waals surface area contributed by atoms with Crippen LogP contribution in [-0.4, -0.2) is 42.5 Å². The van der Waals surface area contributed by atoms with Crippen LogP contribution in [0.2, 0.25) is 10.0 Å². The van der Waals surface area contributed by atoms with Crippen LogP contribution in [0.15, 0.2) is 42.5 Å². The zero-order valence-electron chi connectivity index (χ0n) is 17.0. The molecule has 0 unspecified atom stereocenters. The van der Waals surface area contributed by atoms with Gasteiger partial charge in [0.2, 0.25) is 5.91 Å². The third kappa shape index (κ3) is 8.58. The first-order valence-electron chi connectivity index (χ1n) is 9.37. The van der Waals surface area contributed by atoms with Gasteiger partial charge in [-0.05, 0) is 61.6 Å². The Kier molecular flexibility index (Phi) is 9.99. The Morgan fingerprint density at radius 2 is 1.62 bits per heavy atom. The number of carbonyl (C=O) groups is 3. The number of benzene rings is 2. The second kappa shape index (κ2) is 12.7. The van der Waals surface area contributed by atoms with E-state index < -0.39 is 17.7 Å². The van der Waals surface area contributed by atoms with Crippen molar-refractivity contribution in [1.29, 1.82) is 0 Å². The van der Waals surface area contributed by atoms with E-state index in [9.17, 15) is 14.4 Å². The van der Waals surface area contributed by atoms with Crippen LogP contribution in [0.25, 0.3) is 0 Å². The Morgan fingerprint density at radius 3 is 2.28 bits per heavy atom. The fourth-order valence-electron chi connectivity index (χ4n) is 2.30.